The molecule has 4 fully saturated rings. The van der Waals surface area contributed by atoms with Gasteiger partial charge in [0.2, 0.25) is 17.6 Å². The molecule has 13 heteroatoms. The van der Waals surface area contributed by atoms with Crippen LogP contribution in [0.1, 0.15) is 30.0 Å². The standard InChI is InChI=1S/C35H36IN3O9/c1-20(41)26(31(42)37-16-17-40)38-33(44)34-18-25-27-28(47-35(46-27,22-11-4-2-5-12-22)23-13-6-3-7-14-23)30(34)48-39(29(34)32(43)45-25)19-21-10-8-9-15-24(21)36/h2-15,20,25-30,40-41H,16-19H2,1H3,(H,37,42)(H,38,44)/t20-,25+,26+,27-,28-,29-,30+,34-/m0/s1. The molecule has 1 saturated carbocycles. The molecule has 7 rings (SSSR count). The molecule has 3 aromatic rings. The van der Waals surface area contributed by atoms with Crippen molar-refractivity contribution in [1.82, 2.24) is 15.7 Å². The molecule has 12 nitrogen and oxygen atoms in total. The predicted octanol–water partition coefficient (Wildman–Crippen LogP) is 1.75. The van der Waals surface area contributed by atoms with E-state index >= 15 is 0 Å². The summed E-state index contributed by atoms with van der Waals surface area (Å²) in [6.07, 6.45) is -4.89. The van der Waals surface area contributed by atoms with Crippen molar-refractivity contribution in [3.05, 3.63) is 105 Å². The maximum Gasteiger partial charge on any atom is 0.327 e. The first-order valence-electron chi connectivity index (χ1n) is 15.9. The van der Waals surface area contributed by atoms with Gasteiger partial charge in [-0.3, -0.25) is 19.2 Å². The highest BCUT2D eigenvalue weighted by atomic mass is 127. The van der Waals surface area contributed by atoms with Crippen LogP contribution in [-0.4, -0.2) is 88.8 Å². The SMILES string of the molecule is C[C@H](O)[C@@H](NC(=O)[C@@]12C[C@H]3OC(=O)[C@@H]1N(Cc1ccccc1I)O[C@@H]2[C@H]1OC(c2ccccc2)(c2ccccc2)O[C@H]13)C(=O)NCCO. The maximum absolute atomic E-state index is 14.7. The number of halogens is 1. The van der Waals surface area contributed by atoms with E-state index < -0.39 is 71.6 Å². The van der Waals surface area contributed by atoms with Gasteiger partial charge < -0.3 is 35.1 Å². The number of fused-ring (bicyclic) bond motifs is 4. The van der Waals surface area contributed by atoms with E-state index in [1.165, 1.54) is 12.0 Å². The van der Waals surface area contributed by atoms with Gasteiger partial charge in [0.15, 0.2) is 6.04 Å². The van der Waals surface area contributed by atoms with E-state index in [0.29, 0.717) is 11.1 Å². The van der Waals surface area contributed by atoms with Crippen molar-refractivity contribution in [2.45, 2.75) is 68.3 Å². The van der Waals surface area contributed by atoms with Crippen LogP contribution in [0.4, 0.5) is 0 Å². The van der Waals surface area contributed by atoms with Gasteiger partial charge in [-0.25, -0.2) is 0 Å². The van der Waals surface area contributed by atoms with Crippen LogP contribution in [0.3, 0.4) is 0 Å². The molecule has 0 aromatic heterocycles. The van der Waals surface area contributed by atoms with Crippen molar-refractivity contribution in [3.8, 4) is 0 Å². The molecule has 2 bridgehead atoms. The molecule has 3 aliphatic heterocycles. The molecule has 2 amide bonds. The Balaban J connectivity index is 1.33. The van der Waals surface area contributed by atoms with E-state index in [1.54, 1.807) is 0 Å². The lowest BCUT2D eigenvalue weighted by Gasteiger charge is -2.49. The number of esters is 1. The van der Waals surface area contributed by atoms with E-state index in [2.05, 4.69) is 33.2 Å². The molecular formula is C35H36IN3O9. The van der Waals surface area contributed by atoms with E-state index in [9.17, 15) is 24.6 Å². The van der Waals surface area contributed by atoms with Gasteiger partial charge in [0.25, 0.3) is 0 Å². The zero-order chi connectivity index (χ0) is 33.6. The van der Waals surface area contributed by atoms with Crippen molar-refractivity contribution >= 4 is 40.4 Å². The molecular weight excluding hydrogens is 733 g/mol. The number of aliphatic hydroxyl groups is 2. The zero-order valence-electron chi connectivity index (χ0n) is 26.0. The smallest absolute Gasteiger partial charge is 0.327 e. The van der Waals surface area contributed by atoms with E-state index in [4.69, 9.17) is 19.0 Å². The number of rotatable bonds is 10. The Morgan fingerprint density at radius 2 is 1.60 bits per heavy atom. The molecule has 3 heterocycles. The lowest BCUT2D eigenvalue weighted by Crippen LogP contribution is -2.71. The number of carbonyl (C=O) groups excluding carboxylic acids is 3. The van der Waals surface area contributed by atoms with Gasteiger partial charge in [-0.15, -0.1) is 0 Å². The molecule has 3 aromatic carbocycles. The van der Waals surface area contributed by atoms with Crippen molar-refractivity contribution < 1.29 is 43.6 Å². The Kier molecular flexibility index (Phi) is 9.04. The van der Waals surface area contributed by atoms with E-state index in [-0.39, 0.29) is 26.1 Å². The van der Waals surface area contributed by atoms with Gasteiger partial charge in [-0.2, -0.15) is 5.06 Å². The maximum atomic E-state index is 14.7. The first-order chi connectivity index (χ1) is 23.2. The van der Waals surface area contributed by atoms with Crippen LogP contribution >= 0.6 is 22.6 Å². The molecule has 1 aliphatic carbocycles. The summed E-state index contributed by atoms with van der Waals surface area (Å²) in [6, 6.07) is 24.0. The zero-order valence-corrected chi connectivity index (χ0v) is 28.2. The highest BCUT2D eigenvalue weighted by molar-refractivity contribution is 14.1. The molecule has 0 spiro atoms. The summed E-state index contributed by atoms with van der Waals surface area (Å²) < 4.78 is 20.9. The summed E-state index contributed by atoms with van der Waals surface area (Å²) >= 11 is 2.21. The van der Waals surface area contributed by atoms with Gasteiger partial charge in [0.1, 0.15) is 35.9 Å². The highest BCUT2D eigenvalue weighted by Crippen LogP contribution is 2.59. The predicted molar refractivity (Wildman–Crippen MR) is 177 cm³/mol. The Bertz CT molecular complexity index is 1640. The third kappa shape index (κ3) is 5.41. The molecule has 0 radical (unpaired) electrons. The number of aliphatic hydroxyl groups excluding tert-OH is 2. The third-order valence-corrected chi connectivity index (χ3v) is 10.7. The number of nitrogens with one attached hydrogen (secondary N) is 2. The minimum atomic E-state index is -1.58. The summed E-state index contributed by atoms with van der Waals surface area (Å²) in [5.41, 5.74) is 0.712. The van der Waals surface area contributed by atoms with Crippen molar-refractivity contribution in [3.63, 3.8) is 0 Å². The van der Waals surface area contributed by atoms with Gasteiger partial charge in [-0.05, 0) is 41.1 Å². The van der Waals surface area contributed by atoms with Crippen LogP contribution in [0, 0.1) is 8.99 Å². The van der Waals surface area contributed by atoms with Crippen molar-refractivity contribution in [1.29, 1.82) is 0 Å². The van der Waals surface area contributed by atoms with E-state index in [1.807, 2.05) is 84.9 Å². The van der Waals surface area contributed by atoms with Gasteiger partial charge in [0, 0.05) is 27.7 Å². The lowest BCUT2D eigenvalue weighted by molar-refractivity contribution is -0.213. The fourth-order valence-electron chi connectivity index (χ4n) is 7.45. The molecule has 0 unspecified atom stereocenters. The first-order valence-corrected chi connectivity index (χ1v) is 17.0. The number of benzene rings is 3. The monoisotopic (exact) mass is 769 g/mol. The number of amides is 2. The summed E-state index contributed by atoms with van der Waals surface area (Å²) in [6.45, 7) is 1.16. The fourth-order valence-corrected chi connectivity index (χ4v) is 8.01. The minimum absolute atomic E-state index is 0.0251. The number of hydrogen-bond donors (Lipinski definition) is 4. The van der Waals surface area contributed by atoms with Crippen LogP contribution in [0.2, 0.25) is 0 Å². The first kappa shape index (κ1) is 33.1. The number of ether oxygens (including phenoxy) is 3. The van der Waals surface area contributed by atoms with Crippen LogP contribution in [0.15, 0.2) is 84.9 Å². The molecule has 48 heavy (non-hydrogen) atoms. The Morgan fingerprint density at radius 3 is 2.23 bits per heavy atom. The summed E-state index contributed by atoms with van der Waals surface area (Å²) in [5, 5.41) is 26.6. The molecule has 4 aliphatic rings. The number of nitrogens with zero attached hydrogens (tertiary/aromatic N) is 1. The third-order valence-electron chi connectivity index (χ3n) is 9.63. The summed E-state index contributed by atoms with van der Waals surface area (Å²) in [4.78, 5) is 48.5. The highest BCUT2D eigenvalue weighted by Gasteiger charge is 2.76. The van der Waals surface area contributed by atoms with Gasteiger partial charge in [0.05, 0.1) is 19.3 Å². The number of hydrogen-bond acceptors (Lipinski definition) is 10. The van der Waals surface area contributed by atoms with Crippen LogP contribution in [0.25, 0.3) is 0 Å². The second-order valence-electron chi connectivity index (χ2n) is 12.5. The topological polar surface area (TPSA) is 156 Å². The molecule has 252 valence electrons. The Morgan fingerprint density at radius 1 is 0.979 bits per heavy atom. The number of hydroxylamine groups is 2. The summed E-state index contributed by atoms with van der Waals surface area (Å²) in [7, 11) is 0. The Labute approximate surface area is 290 Å². The second kappa shape index (κ2) is 13.1. The largest absolute Gasteiger partial charge is 0.458 e. The second-order valence-corrected chi connectivity index (χ2v) is 13.7. The van der Waals surface area contributed by atoms with Crippen molar-refractivity contribution in [2.24, 2.45) is 5.41 Å². The summed E-state index contributed by atoms with van der Waals surface area (Å²) in [5.74, 6) is -3.41. The normalized spacial score (nSPS) is 29.8. The minimum Gasteiger partial charge on any atom is -0.458 e. The molecule has 3 saturated heterocycles. The average Bonchev–Trinajstić information content (AvgIpc) is 3.67. The molecule has 8 atom stereocenters. The molecule has 4 N–H and O–H groups in total. The Hall–Kier alpha value is -3.44. The van der Waals surface area contributed by atoms with Gasteiger partial charge in [-0.1, -0.05) is 78.9 Å². The average molecular weight is 770 g/mol. The van der Waals surface area contributed by atoms with Crippen LogP contribution < -0.4 is 10.6 Å². The van der Waals surface area contributed by atoms with E-state index in [0.717, 1.165) is 9.13 Å². The number of carbonyl (C=O) groups is 3. The van der Waals surface area contributed by atoms with Crippen LogP contribution in [0.5, 0.6) is 0 Å². The lowest BCUT2D eigenvalue weighted by atomic mass is 9.62. The van der Waals surface area contributed by atoms with Gasteiger partial charge >= 0.3 is 5.97 Å². The quantitative estimate of drug-likeness (QED) is 0.177. The fraction of sp³-hybridized carbons (Fsp3) is 0.400. The van der Waals surface area contributed by atoms with Crippen molar-refractivity contribution in [2.75, 3.05) is 13.2 Å². The van der Waals surface area contributed by atoms with Crippen LogP contribution in [-0.2, 0) is 45.8 Å².